The van der Waals surface area contributed by atoms with E-state index in [0.717, 1.165) is 6.07 Å². The first-order chi connectivity index (χ1) is 6.65. The zero-order valence-corrected chi connectivity index (χ0v) is 7.26. The smallest absolute Gasteiger partial charge is 0.213 e. The molecule has 2 atom stereocenters. The minimum absolute atomic E-state index is 0.0211. The van der Waals surface area contributed by atoms with Crippen molar-refractivity contribution in [1.82, 2.24) is 4.98 Å². The third-order valence-electron chi connectivity index (χ3n) is 1.70. The van der Waals surface area contributed by atoms with Crippen LogP contribution in [0.2, 0.25) is 0 Å². The minimum atomic E-state index is -1.33. The lowest BCUT2D eigenvalue weighted by Crippen LogP contribution is -2.18. The number of nitriles is 1. The summed E-state index contributed by atoms with van der Waals surface area (Å²) >= 11 is 0. The molecule has 1 aromatic rings. The van der Waals surface area contributed by atoms with E-state index in [4.69, 9.17) is 5.26 Å². The predicted molar refractivity (Wildman–Crippen MR) is 45.4 cm³/mol. The first-order valence-electron chi connectivity index (χ1n) is 4.00. The summed E-state index contributed by atoms with van der Waals surface area (Å²) in [4.78, 5) is 3.39. The molecule has 2 unspecified atom stereocenters. The van der Waals surface area contributed by atoms with E-state index in [2.05, 4.69) is 4.98 Å². The van der Waals surface area contributed by atoms with Gasteiger partial charge in [-0.15, -0.1) is 0 Å². The topological polar surface area (TPSA) is 77.1 Å². The quantitative estimate of drug-likeness (QED) is 0.691. The molecule has 0 radical (unpaired) electrons. The van der Waals surface area contributed by atoms with Crippen LogP contribution in [-0.4, -0.2) is 21.3 Å². The van der Waals surface area contributed by atoms with Crippen molar-refractivity contribution in [2.45, 2.75) is 18.6 Å². The highest BCUT2D eigenvalue weighted by atomic mass is 19.1. The summed E-state index contributed by atoms with van der Waals surface area (Å²) in [5.74, 6) is -0.731. The number of hydrogen-bond acceptors (Lipinski definition) is 4. The second-order valence-corrected chi connectivity index (χ2v) is 2.76. The van der Waals surface area contributed by atoms with Crippen LogP contribution in [0, 0.1) is 17.3 Å². The molecular weight excluding hydrogens is 187 g/mol. The summed E-state index contributed by atoms with van der Waals surface area (Å²) in [6.07, 6.45) is -2.79. The van der Waals surface area contributed by atoms with E-state index in [0.29, 0.717) is 0 Å². The molecule has 0 saturated heterocycles. The van der Waals surface area contributed by atoms with Gasteiger partial charge in [-0.2, -0.15) is 9.65 Å². The highest BCUT2D eigenvalue weighted by Gasteiger charge is 2.19. The Hall–Kier alpha value is -1.51. The number of halogens is 1. The Morgan fingerprint density at radius 3 is 2.79 bits per heavy atom. The maximum absolute atomic E-state index is 12.6. The van der Waals surface area contributed by atoms with Gasteiger partial charge in [-0.1, -0.05) is 6.07 Å². The second-order valence-electron chi connectivity index (χ2n) is 2.76. The third kappa shape index (κ3) is 2.49. The largest absolute Gasteiger partial charge is 0.389 e. The molecule has 0 spiro atoms. The molecule has 1 heterocycles. The van der Waals surface area contributed by atoms with Gasteiger partial charge in [0, 0.05) is 0 Å². The van der Waals surface area contributed by atoms with E-state index in [1.54, 1.807) is 6.07 Å². The van der Waals surface area contributed by atoms with Gasteiger partial charge in [0.15, 0.2) is 0 Å². The molecule has 0 aliphatic rings. The Balaban J connectivity index is 2.79. The van der Waals surface area contributed by atoms with Crippen molar-refractivity contribution < 1.29 is 14.6 Å². The molecular formula is C9H9FN2O2. The van der Waals surface area contributed by atoms with Crippen LogP contribution in [0.3, 0.4) is 0 Å². The highest BCUT2D eigenvalue weighted by Crippen LogP contribution is 2.16. The van der Waals surface area contributed by atoms with Crippen LogP contribution in [0.4, 0.5) is 4.39 Å². The average molecular weight is 196 g/mol. The number of rotatable bonds is 3. The second kappa shape index (κ2) is 4.65. The van der Waals surface area contributed by atoms with Gasteiger partial charge in [0.05, 0.1) is 24.3 Å². The summed E-state index contributed by atoms with van der Waals surface area (Å²) < 4.78 is 12.6. The van der Waals surface area contributed by atoms with Gasteiger partial charge in [0.2, 0.25) is 5.95 Å². The van der Waals surface area contributed by atoms with Crippen molar-refractivity contribution in [3.05, 3.63) is 29.8 Å². The lowest BCUT2D eigenvalue weighted by Gasteiger charge is -2.13. The molecule has 14 heavy (non-hydrogen) atoms. The molecule has 0 saturated carbocycles. The van der Waals surface area contributed by atoms with E-state index in [9.17, 15) is 14.6 Å². The van der Waals surface area contributed by atoms with Crippen LogP contribution in [0.1, 0.15) is 18.2 Å². The number of aromatic nitrogens is 1. The van der Waals surface area contributed by atoms with Crippen LogP contribution in [0.15, 0.2) is 18.2 Å². The van der Waals surface area contributed by atoms with E-state index in [-0.39, 0.29) is 12.1 Å². The lowest BCUT2D eigenvalue weighted by atomic mass is 10.1. The van der Waals surface area contributed by atoms with Crippen molar-refractivity contribution in [1.29, 1.82) is 5.26 Å². The standard InChI is InChI=1S/C9H9FN2O2/c10-8-3-1-2-6(12-8)9(14)7(13)4-5-11/h1-3,7,9,13-14H,4H2. The van der Waals surface area contributed by atoms with Crippen molar-refractivity contribution >= 4 is 0 Å². The van der Waals surface area contributed by atoms with Crippen molar-refractivity contribution in [2.75, 3.05) is 0 Å². The normalized spacial score (nSPS) is 14.4. The van der Waals surface area contributed by atoms with Gasteiger partial charge in [-0.25, -0.2) is 4.98 Å². The van der Waals surface area contributed by atoms with E-state index < -0.39 is 18.2 Å². The third-order valence-corrected chi connectivity index (χ3v) is 1.70. The Labute approximate surface area is 80.3 Å². The Morgan fingerprint density at radius 1 is 1.50 bits per heavy atom. The Kier molecular flexibility index (Phi) is 3.51. The van der Waals surface area contributed by atoms with Gasteiger partial charge >= 0.3 is 0 Å². The van der Waals surface area contributed by atoms with Crippen LogP contribution in [-0.2, 0) is 0 Å². The van der Waals surface area contributed by atoms with Crippen LogP contribution in [0.25, 0.3) is 0 Å². The molecule has 0 amide bonds. The fourth-order valence-corrected chi connectivity index (χ4v) is 0.991. The molecule has 0 fully saturated rings. The van der Waals surface area contributed by atoms with Gasteiger partial charge in [-0.05, 0) is 12.1 Å². The fourth-order valence-electron chi connectivity index (χ4n) is 0.991. The molecule has 2 N–H and O–H groups in total. The number of aliphatic hydroxyl groups is 2. The zero-order chi connectivity index (χ0) is 10.6. The van der Waals surface area contributed by atoms with Crippen LogP contribution in [0.5, 0.6) is 0 Å². The number of pyridine rings is 1. The molecule has 1 aromatic heterocycles. The number of nitrogens with zero attached hydrogens (tertiary/aromatic N) is 2. The monoisotopic (exact) mass is 196 g/mol. The Morgan fingerprint density at radius 2 is 2.21 bits per heavy atom. The van der Waals surface area contributed by atoms with Crippen LogP contribution >= 0.6 is 0 Å². The minimum Gasteiger partial charge on any atom is -0.389 e. The van der Waals surface area contributed by atoms with Gasteiger partial charge in [0.1, 0.15) is 6.10 Å². The van der Waals surface area contributed by atoms with Gasteiger partial charge in [0.25, 0.3) is 0 Å². The molecule has 5 heteroatoms. The van der Waals surface area contributed by atoms with Gasteiger partial charge in [-0.3, -0.25) is 0 Å². The van der Waals surface area contributed by atoms with E-state index in [1.807, 2.05) is 0 Å². The summed E-state index contributed by atoms with van der Waals surface area (Å²) in [7, 11) is 0. The first kappa shape index (κ1) is 10.6. The highest BCUT2D eigenvalue weighted by molar-refractivity contribution is 5.09. The molecule has 0 aromatic carbocycles. The van der Waals surface area contributed by atoms with Crippen LogP contribution < -0.4 is 0 Å². The summed E-state index contributed by atoms with van der Waals surface area (Å²) in [6.45, 7) is 0. The molecule has 4 nitrogen and oxygen atoms in total. The van der Waals surface area contributed by atoms with Gasteiger partial charge < -0.3 is 10.2 Å². The molecule has 0 aliphatic carbocycles. The van der Waals surface area contributed by atoms with E-state index >= 15 is 0 Å². The Bertz CT molecular complexity index is 351. The zero-order valence-electron chi connectivity index (χ0n) is 7.26. The first-order valence-corrected chi connectivity index (χ1v) is 4.00. The van der Waals surface area contributed by atoms with E-state index in [1.165, 1.54) is 12.1 Å². The SMILES string of the molecule is N#CCC(O)C(O)c1cccc(F)n1. The summed E-state index contributed by atoms with van der Waals surface area (Å²) in [5, 5.41) is 26.9. The average Bonchev–Trinajstić information content (AvgIpc) is 2.17. The molecule has 1 rings (SSSR count). The number of aliphatic hydroxyl groups excluding tert-OH is 2. The summed E-state index contributed by atoms with van der Waals surface area (Å²) in [6, 6.07) is 5.59. The summed E-state index contributed by atoms with van der Waals surface area (Å²) in [5.41, 5.74) is 0.0211. The fraction of sp³-hybridized carbons (Fsp3) is 0.333. The molecule has 0 aliphatic heterocycles. The maximum atomic E-state index is 12.6. The van der Waals surface area contributed by atoms with Crippen molar-refractivity contribution in [2.24, 2.45) is 0 Å². The molecule has 74 valence electrons. The van der Waals surface area contributed by atoms with Crippen molar-refractivity contribution in [3.8, 4) is 6.07 Å². The number of hydrogen-bond donors (Lipinski definition) is 2. The maximum Gasteiger partial charge on any atom is 0.213 e. The molecule has 0 bridgehead atoms. The van der Waals surface area contributed by atoms with Crippen molar-refractivity contribution in [3.63, 3.8) is 0 Å². The predicted octanol–water partition coefficient (Wildman–Crippen LogP) is 0.529. The lowest BCUT2D eigenvalue weighted by molar-refractivity contribution is 0.0186.